The summed E-state index contributed by atoms with van der Waals surface area (Å²) in [6.45, 7) is 9.14. The van der Waals surface area contributed by atoms with Crippen molar-refractivity contribution in [2.75, 3.05) is 13.2 Å². The van der Waals surface area contributed by atoms with E-state index in [1.807, 2.05) is 27.7 Å². The monoisotopic (exact) mass is 200 g/mol. The highest BCUT2D eigenvalue weighted by Crippen LogP contribution is 2.39. The van der Waals surface area contributed by atoms with Crippen LogP contribution in [0.5, 0.6) is 0 Å². The average molecular weight is 200 g/mol. The predicted octanol–water partition coefficient (Wildman–Crippen LogP) is 1.80. The second-order valence-corrected chi connectivity index (χ2v) is 4.44. The fraction of sp³-hybridized carbons (Fsp3) is 0.909. The van der Waals surface area contributed by atoms with E-state index in [0.717, 1.165) is 0 Å². The molecule has 14 heavy (non-hydrogen) atoms. The van der Waals surface area contributed by atoms with E-state index in [2.05, 4.69) is 0 Å². The van der Waals surface area contributed by atoms with Gasteiger partial charge < -0.3 is 9.47 Å². The molecule has 1 aliphatic carbocycles. The van der Waals surface area contributed by atoms with Gasteiger partial charge in [0, 0.05) is 13.0 Å². The molecule has 0 bridgehead atoms. The molecule has 0 aromatic rings. The molecule has 1 rings (SSSR count). The maximum absolute atomic E-state index is 11.2. The first kappa shape index (κ1) is 11.7. The summed E-state index contributed by atoms with van der Waals surface area (Å²) in [6, 6.07) is 0. The second kappa shape index (κ2) is 4.41. The van der Waals surface area contributed by atoms with E-state index in [9.17, 15) is 4.79 Å². The van der Waals surface area contributed by atoms with Gasteiger partial charge >= 0.3 is 0 Å². The maximum Gasteiger partial charge on any atom is 0.143 e. The molecular formula is C11H20O3. The van der Waals surface area contributed by atoms with Crippen molar-refractivity contribution in [2.24, 2.45) is 5.41 Å². The minimum absolute atomic E-state index is 0.0745. The molecule has 1 saturated carbocycles. The van der Waals surface area contributed by atoms with Gasteiger partial charge in [0.05, 0.1) is 24.2 Å². The summed E-state index contributed by atoms with van der Waals surface area (Å²) >= 11 is 0. The predicted molar refractivity (Wildman–Crippen MR) is 54.2 cm³/mol. The quantitative estimate of drug-likeness (QED) is 0.678. The molecule has 0 aliphatic heterocycles. The molecule has 0 radical (unpaired) electrons. The lowest BCUT2D eigenvalue weighted by atomic mass is 9.68. The second-order valence-electron chi connectivity index (χ2n) is 4.44. The lowest BCUT2D eigenvalue weighted by Crippen LogP contribution is -2.52. The topological polar surface area (TPSA) is 35.5 Å². The summed E-state index contributed by atoms with van der Waals surface area (Å²) in [5, 5.41) is 0. The summed E-state index contributed by atoms with van der Waals surface area (Å²) in [6.07, 6.45) is 0.710. The van der Waals surface area contributed by atoms with Crippen molar-refractivity contribution in [2.45, 2.75) is 46.3 Å². The van der Waals surface area contributed by atoms with E-state index in [1.54, 1.807) is 0 Å². The molecule has 0 heterocycles. The average Bonchev–Trinajstić information content (AvgIpc) is 2.14. The van der Waals surface area contributed by atoms with Crippen LogP contribution in [0.2, 0.25) is 0 Å². The summed E-state index contributed by atoms with van der Waals surface area (Å²) < 4.78 is 11.0. The summed E-state index contributed by atoms with van der Waals surface area (Å²) in [7, 11) is 0. The van der Waals surface area contributed by atoms with Crippen LogP contribution in [0.1, 0.15) is 34.1 Å². The molecule has 0 amide bonds. The molecule has 0 N–H and O–H groups in total. The first-order chi connectivity index (χ1) is 6.48. The van der Waals surface area contributed by atoms with Gasteiger partial charge in [0.25, 0.3) is 0 Å². The number of carbonyl (C=O) groups is 1. The zero-order chi connectivity index (χ0) is 10.8. The Bertz CT molecular complexity index is 211. The van der Waals surface area contributed by atoms with Crippen LogP contribution in [-0.4, -0.2) is 31.2 Å². The van der Waals surface area contributed by atoms with Crippen molar-refractivity contribution >= 4 is 5.78 Å². The Labute approximate surface area is 85.8 Å². The molecule has 0 spiro atoms. The molecule has 0 aromatic heterocycles. The van der Waals surface area contributed by atoms with Crippen LogP contribution < -0.4 is 0 Å². The lowest BCUT2D eigenvalue weighted by Gasteiger charge is -2.43. The van der Waals surface area contributed by atoms with E-state index in [-0.39, 0.29) is 17.6 Å². The summed E-state index contributed by atoms with van der Waals surface area (Å²) in [5.41, 5.74) is -0.291. The van der Waals surface area contributed by atoms with Gasteiger partial charge in [-0.25, -0.2) is 0 Å². The highest BCUT2D eigenvalue weighted by molar-refractivity contribution is 5.91. The van der Waals surface area contributed by atoms with E-state index < -0.39 is 0 Å². The molecule has 0 aromatic carbocycles. The number of hydrogen-bond donors (Lipinski definition) is 0. The summed E-state index contributed by atoms with van der Waals surface area (Å²) in [4.78, 5) is 11.2. The van der Waals surface area contributed by atoms with E-state index in [4.69, 9.17) is 9.47 Å². The van der Waals surface area contributed by atoms with Crippen molar-refractivity contribution < 1.29 is 14.3 Å². The van der Waals surface area contributed by atoms with Crippen molar-refractivity contribution in [3.8, 4) is 0 Å². The largest absolute Gasteiger partial charge is 0.379 e. The minimum atomic E-state index is -0.291. The van der Waals surface area contributed by atoms with Crippen molar-refractivity contribution in [1.29, 1.82) is 0 Å². The van der Waals surface area contributed by atoms with Crippen LogP contribution in [0.4, 0.5) is 0 Å². The zero-order valence-electron chi connectivity index (χ0n) is 9.50. The summed E-state index contributed by atoms with van der Waals surface area (Å²) in [5.74, 6) is 0.297. The van der Waals surface area contributed by atoms with E-state index in [1.165, 1.54) is 0 Å². The Morgan fingerprint density at radius 1 is 1.57 bits per heavy atom. The van der Waals surface area contributed by atoms with Crippen molar-refractivity contribution in [3.63, 3.8) is 0 Å². The maximum atomic E-state index is 11.2. The Morgan fingerprint density at radius 3 is 2.64 bits per heavy atom. The molecule has 82 valence electrons. The van der Waals surface area contributed by atoms with Crippen LogP contribution in [0, 0.1) is 5.41 Å². The molecule has 3 nitrogen and oxygen atoms in total. The third-order valence-electron chi connectivity index (χ3n) is 2.85. The fourth-order valence-electron chi connectivity index (χ4n) is 1.56. The molecule has 1 fully saturated rings. The van der Waals surface area contributed by atoms with Gasteiger partial charge in [0.2, 0.25) is 0 Å². The Balaban J connectivity index is 2.28. The lowest BCUT2D eigenvalue weighted by molar-refractivity contribution is -0.168. The van der Waals surface area contributed by atoms with E-state index >= 15 is 0 Å². The first-order valence-electron chi connectivity index (χ1n) is 5.25. The molecular weight excluding hydrogens is 180 g/mol. The standard InChI is InChI=1S/C11H20O3/c1-5-13-7-8(2)14-10-6-9(12)11(10,3)4/h8,10H,5-7H2,1-4H3. The fourth-order valence-corrected chi connectivity index (χ4v) is 1.56. The van der Waals surface area contributed by atoms with Crippen LogP contribution in [0.25, 0.3) is 0 Å². The molecule has 3 heteroatoms. The Kier molecular flexibility index (Phi) is 3.67. The van der Waals surface area contributed by atoms with Crippen LogP contribution in [0.15, 0.2) is 0 Å². The van der Waals surface area contributed by atoms with Crippen molar-refractivity contribution in [1.82, 2.24) is 0 Å². The van der Waals surface area contributed by atoms with Gasteiger partial charge in [-0.15, -0.1) is 0 Å². The highest BCUT2D eigenvalue weighted by atomic mass is 16.5. The molecule has 1 aliphatic rings. The van der Waals surface area contributed by atoms with Gasteiger partial charge in [0.1, 0.15) is 5.78 Å². The number of carbonyl (C=O) groups excluding carboxylic acids is 1. The SMILES string of the molecule is CCOCC(C)OC1CC(=O)C1(C)C. The van der Waals surface area contributed by atoms with Crippen LogP contribution in [-0.2, 0) is 14.3 Å². The van der Waals surface area contributed by atoms with Crippen LogP contribution in [0.3, 0.4) is 0 Å². The van der Waals surface area contributed by atoms with Gasteiger partial charge in [0.15, 0.2) is 0 Å². The van der Waals surface area contributed by atoms with Gasteiger partial charge in [-0.05, 0) is 13.8 Å². The number of Topliss-reactive ketones (excluding diaryl/α,β-unsaturated/α-hetero) is 1. The molecule has 0 saturated heterocycles. The van der Waals surface area contributed by atoms with Crippen molar-refractivity contribution in [3.05, 3.63) is 0 Å². The Hall–Kier alpha value is -0.410. The zero-order valence-corrected chi connectivity index (χ0v) is 9.50. The smallest absolute Gasteiger partial charge is 0.143 e. The number of hydrogen-bond acceptors (Lipinski definition) is 3. The van der Waals surface area contributed by atoms with Crippen LogP contribution >= 0.6 is 0 Å². The third kappa shape index (κ3) is 2.34. The third-order valence-corrected chi connectivity index (χ3v) is 2.85. The van der Waals surface area contributed by atoms with Gasteiger partial charge in [-0.2, -0.15) is 0 Å². The van der Waals surface area contributed by atoms with E-state index in [0.29, 0.717) is 25.4 Å². The first-order valence-corrected chi connectivity index (χ1v) is 5.25. The number of rotatable bonds is 5. The Morgan fingerprint density at radius 2 is 2.21 bits per heavy atom. The van der Waals surface area contributed by atoms with Gasteiger partial charge in [-0.1, -0.05) is 13.8 Å². The number of ether oxygens (including phenoxy) is 2. The number of ketones is 1. The van der Waals surface area contributed by atoms with Gasteiger partial charge in [-0.3, -0.25) is 4.79 Å². The minimum Gasteiger partial charge on any atom is -0.379 e. The molecule has 2 unspecified atom stereocenters. The molecule has 2 atom stereocenters. The highest BCUT2D eigenvalue weighted by Gasteiger charge is 2.48. The normalized spacial score (nSPS) is 27.1.